The predicted octanol–water partition coefficient (Wildman–Crippen LogP) is 2.41. The minimum Gasteiger partial charge on any atom is -0.367 e. The third-order valence-corrected chi connectivity index (χ3v) is 6.77. The van der Waals surface area contributed by atoms with E-state index >= 15 is 0 Å². The molecule has 2 aromatic carbocycles. The number of fused-ring (bicyclic) bond motifs is 2. The number of likely N-dealkylation sites (N-methyl/N-ethyl adjacent to an activating group) is 1. The van der Waals surface area contributed by atoms with E-state index in [4.69, 9.17) is 4.74 Å². The molecular weight excluding hydrogens is 416 g/mol. The lowest BCUT2D eigenvalue weighted by Gasteiger charge is -2.26. The fraction of sp³-hybridized carbons (Fsp3) is 0.385. The van der Waals surface area contributed by atoms with Crippen LogP contribution in [0, 0.1) is 0 Å². The van der Waals surface area contributed by atoms with Gasteiger partial charge in [-0.15, -0.1) is 0 Å². The van der Waals surface area contributed by atoms with Crippen LogP contribution >= 0.6 is 0 Å². The van der Waals surface area contributed by atoms with E-state index in [-0.39, 0.29) is 23.9 Å². The molecule has 7 heteroatoms. The molecule has 0 radical (unpaired) electrons. The van der Waals surface area contributed by atoms with Gasteiger partial charge in [-0.1, -0.05) is 24.3 Å². The van der Waals surface area contributed by atoms with Crippen molar-refractivity contribution in [2.24, 2.45) is 7.05 Å². The molecule has 2 aliphatic rings. The molecule has 33 heavy (non-hydrogen) atoms. The van der Waals surface area contributed by atoms with Crippen molar-refractivity contribution in [2.45, 2.75) is 31.0 Å². The average molecular weight is 447 g/mol. The molecule has 172 valence electrons. The Kier molecular flexibility index (Phi) is 5.91. The summed E-state index contributed by atoms with van der Waals surface area (Å²) in [6.45, 7) is 2.06. The zero-order valence-electron chi connectivity index (χ0n) is 19.1. The number of hydrogen-bond acceptors (Lipinski definition) is 4. The molecule has 1 aliphatic heterocycles. The van der Waals surface area contributed by atoms with Crippen LogP contribution in [0.5, 0.6) is 0 Å². The number of carbonyl (C=O) groups is 2. The number of aryl methyl sites for hydroxylation is 1. The Morgan fingerprint density at radius 3 is 2.79 bits per heavy atom. The summed E-state index contributed by atoms with van der Waals surface area (Å²) in [6.07, 6.45) is 3.06. The van der Waals surface area contributed by atoms with Gasteiger partial charge in [-0.3, -0.25) is 9.59 Å². The van der Waals surface area contributed by atoms with E-state index in [2.05, 4.69) is 21.6 Å². The number of nitrogens with zero attached hydrogens (tertiary/aromatic N) is 2. The summed E-state index contributed by atoms with van der Waals surface area (Å²) in [6, 6.07) is 15.3. The quantitative estimate of drug-likeness (QED) is 0.646. The highest BCUT2D eigenvalue weighted by Gasteiger charge is 2.36. The van der Waals surface area contributed by atoms with E-state index in [1.165, 1.54) is 0 Å². The highest BCUT2D eigenvalue weighted by atomic mass is 16.5. The number of nitrogens with one attached hydrogen (secondary N) is 2. The fourth-order valence-corrected chi connectivity index (χ4v) is 4.97. The van der Waals surface area contributed by atoms with Gasteiger partial charge < -0.3 is 24.8 Å². The average Bonchev–Trinajstić information content (AvgIpc) is 3.26. The summed E-state index contributed by atoms with van der Waals surface area (Å²) in [5.41, 5.74) is 3.89. The van der Waals surface area contributed by atoms with Crippen LogP contribution in [0.4, 0.5) is 0 Å². The minimum absolute atomic E-state index is 0.129. The predicted molar refractivity (Wildman–Crippen MR) is 127 cm³/mol. The molecule has 2 N–H and O–H groups in total. The van der Waals surface area contributed by atoms with Crippen LogP contribution in [-0.2, 0) is 23.0 Å². The summed E-state index contributed by atoms with van der Waals surface area (Å²) < 4.78 is 7.85. The van der Waals surface area contributed by atoms with E-state index < -0.39 is 6.10 Å². The molecule has 7 nitrogen and oxygen atoms in total. The summed E-state index contributed by atoms with van der Waals surface area (Å²) in [4.78, 5) is 28.4. The normalized spacial score (nSPS) is 23.2. The van der Waals surface area contributed by atoms with E-state index in [0.717, 1.165) is 35.0 Å². The van der Waals surface area contributed by atoms with Crippen molar-refractivity contribution in [2.75, 3.05) is 26.7 Å². The van der Waals surface area contributed by atoms with Crippen LogP contribution in [0.2, 0.25) is 0 Å². The van der Waals surface area contributed by atoms with Gasteiger partial charge in [0.1, 0.15) is 6.10 Å². The summed E-state index contributed by atoms with van der Waals surface area (Å²) >= 11 is 0. The Labute approximate surface area is 193 Å². The zero-order valence-corrected chi connectivity index (χ0v) is 19.1. The van der Waals surface area contributed by atoms with Gasteiger partial charge in [0.05, 0.1) is 12.1 Å². The molecule has 3 atom stereocenters. The minimum atomic E-state index is -0.512. The first-order valence-electron chi connectivity index (χ1n) is 11.5. The second-order valence-electron chi connectivity index (χ2n) is 9.14. The first kappa shape index (κ1) is 21.7. The molecule has 0 unspecified atom stereocenters. The Morgan fingerprint density at radius 1 is 1.06 bits per heavy atom. The molecule has 3 aromatic rings. The maximum Gasteiger partial charge on any atom is 0.251 e. The van der Waals surface area contributed by atoms with E-state index in [1.54, 1.807) is 0 Å². The van der Waals surface area contributed by atoms with Gasteiger partial charge in [0.25, 0.3) is 11.8 Å². The third kappa shape index (κ3) is 4.38. The standard InChI is InChI=1S/C26H30N4O3/c1-29-11-5-13-33-23(16-29)26(32)28-24-20-7-4-3-6-17(20)15-21(24)27-25(31)19-8-9-22-18(14-19)10-12-30(22)2/h3-4,6-10,12,14,21,23-24H,5,11,13,15-16H2,1-2H3,(H,27,31)(H,28,32)/t21-,23+,24-/m0/s1. The zero-order chi connectivity index (χ0) is 22.9. The number of benzene rings is 2. The summed E-state index contributed by atoms with van der Waals surface area (Å²) in [5, 5.41) is 7.39. The number of carbonyl (C=O) groups excluding carboxylic acids is 2. The Morgan fingerprint density at radius 2 is 1.91 bits per heavy atom. The van der Waals surface area contributed by atoms with Crippen LogP contribution in [0.1, 0.15) is 33.9 Å². The van der Waals surface area contributed by atoms with Gasteiger partial charge in [0, 0.05) is 49.4 Å². The molecule has 2 heterocycles. The van der Waals surface area contributed by atoms with Gasteiger partial charge in [-0.2, -0.15) is 0 Å². The SMILES string of the molecule is CN1CCCO[C@@H](C(=O)N[C@H]2c3ccccc3C[C@@H]2NC(=O)c2ccc3c(ccn3C)c2)C1. The summed E-state index contributed by atoms with van der Waals surface area (Å²) in [7, 11) is 3.99. The molecule has 1 aromatic heterocycles. The lowest BCUT2D eigenvalue weighted by Crippen LogP contribution is -2.49. The van der Waals surface area contributed by atoms with Crippen LogP contribution in [-0.4, -0.2) is 60.2 Å². The molecule has 1 saturated heterocycles. The number of ether oxygens (including phenoxy) is 1. The number of rotatable bonds is 4. The second kappa shape index (κ2) is 9.00. The van der Waals surface area contributed by atoms with Crippen molar-refractivity contribution < 1.29 is 14.3 Å². The van der Waals surface area contributed by atoms with Crippen molar-refractivity contribution in [3.05, 3.63) is 71.4 Å². The molecule has 2 amide bonds. The maximum atomic E-state index is 13.2. The third-order valence-electron chi connectivity index (χ3n) is 6.77. The van der Waals surface area contributed by atoms with Crippen LogP contribution < -0.4 is 10.6 Å². The molecule has 1 fully saturated rings. The lowest BCUT2D eigenvalue weighted by atomic mass is 10.1. The highest BCUT2D eigenvalue weighted by molar-refractivity contribution is 5.98. The molecule has 0 saturated carbocycles. The topological polar surface area (TPSA) is 75.6 Å². The van der Waals surface area contributed by atoms with Gasteiger partial charge in [-0.05, 0) is 55.3 Å². The number of aromatic nitrogens is 1. The lowest BCUT2D eigenvalue weighted by molar-refractivity contribution is -0.133. The van der Waals surface area contributed by atoms with Gasteiger partial charge >= 0.3 is 0 Å². The van der Waals surface area contributed by atoms with Crippen molar-refractivity contribution in [3.63, 3.8) is 0 Å². The van der Waals surface area contributed by atoms with Crippen molar-refractivity contribution in [1.82, 2.24) is 20.1 Å². The smallest absolute Gasteiger partial charge is 0.251 e. The Bertz CT molecular complexity index is 1190. The van der Waals surface area contributed by atoms with E-state index in [0.29, 0.717) is 25.1 Å². The van der Waals surface area contributed by atoms with Gasteiger partial charge in [-0.25, -0.2) is 0 Å². The van der Waals surface area contributed by atoms with E-state index in [1.807, 2.05) is 67.3 Å². The fourth-order valence-electron chi connectivity index (χ4n) is 4.97. The van der Waals surface area contributed by atoms with Crippen molar-refractivity contribution >= 4 is 22.7 Å². The van der Waals surface area contributed by atoms with Crippen LogP contribution in [0.3, 0.4) is 0 Å². The largest absolute Gasteiger partial charge is 0.367 e. The first-order chi connectivity index (χ1) is 16.0. The molecule has 5 rings (SSSR count). The Balaban J connectivity index is 1.35. The number of amides is 2. The highest BCUT2D eigenvalue weighted by Crippen LogP contribution is 2.32. The van der Waals surface area contributed by atoms with Crippen molar-refractivity contribution in [3.8, 4) is 0 Å². The van der Waals surface area contributed by atoms with Crippen LogP contribution in [0.15, 0.2) is 54.7 Å². The molecular formula is C26H30N4O3. The summed E-state index contributed by atoms with van der Waals surface area (Å²) in [5.74, 6) is -0.265. The molecule has 0 bridgehead atoms. The van der Waals surface area contributed by atoms with Gasteiger partial charge in [0.15, 0.2) is 0 Å². The van der Waals surface area contributed by atoms with Crippen molar-refractivity contribution in [1.29, 1.82) is 0 Å². The van der Waals surface area contributed by atoms with E-state index in [9.17, 15) is 9.59 Å². The molecule has 1 aliphatic carbocycles. The maximum absolute atomic E-state index is 13.2. The van der Waals surface area contributed by atoms with Gasteiger partial charge in [0.2, 0.25) is 0 Å². The monoisotopic (exact) mass is 446 g/mol. The Hall–Kier alpha value is -3.16. The van der Waals surface area contributed by atoms with Crippen LogP contribution in [0.25, 0.3) is 10.9 Å². The molecule has 0 spiro atoms. The first-order valence-corrected chi connectivity index (χ1v) is 11.5. The second-order valence-corrected chi connectivity index (χ2v) is 9.14. The number of hydrogen-bond donors (Lipinski definition) is 2.